The number of phenols is 1. The summed E-state index contributed by atoms with van der Waals surface area (Å²) in [5.74, 6) is -6.97. The van der Waals surface area contributed by atoms with Gasteiger partial charge in [-0.25, -0.2) is 18.0 Å². The lowest BCUT2D eigenvalue weighted by Gasteiger charge is -2.15. The van der Waals surface area contributed by atoms with Gasteiger partial charge in [0.2, 0.25) is 0 Å². The number of amides is 1. The Morgan fingerprint density at radius 3 is 2.32 bits per heavy atom. The van der Waals surface area contributed by atoms with Gasteiger partial charge in [-0.2, -0.15) is 0 Å². The first-order valence-electron chi connectivity index (χ1n) is 8.15. The standard InChI is InChI=1S/C20H14F3NO4/c1-10(19(26)24-15-7-6-14(21)17(22)18(15)23)28-20(27)13-8-11-4-2-3-5-12(11)9-16(13)25/h2-10,25H,1H3,(H,24,26)/t10-/m1/s1. The van der Waals surface area contributed by atoms with Crippen LogP contribution in [0, 0.1) is 17.5 Å². The maximum Gasteiger partial charge on any atom is 0.342 e. The summed E-state index contributed by atoms with van der Waals surface area (Å²) in [7, 11) is 0. The summed E-state index contributed by atoms with van der Waals surface area (Å²) >= 11 is 0. The number of anilines is 1. The molecule has 0 aromatic heterocycles. The number of halogens is 3. The molecule has 0 bridgehead atoms. The molecule has 0 fully saturated rings. The fraction of sp³-hybridized carbons (Fsp3) is 0.100. The Morgan fingerprint density at radius 2 is 1.64 bits per heavy atom. The Balaban J connectivity index is 1.74. The molecule has 0 aliphatic carbocycles. The number of fused-ring (bicyclic) bond motifs is 1. The van der Waals surface area contributed by atoms with Crippen molar-refractivity contribution in [3.05, 3.63) is 71.5 Å². The quantitative estimate of drug-likeness (QED) is 0.519. The normalized spacial score (nSPS) is 11.9. The molecule has 0 saturated carbocycles. The molecule has 0 unspecified atom stereocenters. The lowest BCUT2D eigenvalue weighted by molar-refractivity contribution is -0.123. The zero-order chi connectivity index (χ0) is 20.4. The first-order chi connectivity index (χ1) is 13.3. The van der Waals surface area contributed by atoms with Gasteiger partial charge in [0, 0.05) is 0 Å². The van der Waals surface area contributed by atoms with Crippen LogP contribution in [0.2, 0.25) is 0 Å². The van der Waals surface area contributed by atoms with Crippen LogP contribution in [0.1, 0.15) is 17.3 Å². The Kier molecular flexibility index (Phi) is 5.21. The van der Waals surface area contributed by atoms with Crippen molar-refractivity contribution in [2.75, 3.05) is 5.32 Å². The van der Waals surface area contributed by atoms with E-state index in [1.54, 1.807) is 24.3 Å². The van der Waals surface area contributed by atoms with Crippen LogP contribution in [0.25, 0.3) is 10.8 Å². The van der Waals surface area contributed by atoms with Gasteiger partial charge in [0.25, 0.3) is 5.91 Å². The molecule has 0 spiro atoms. The summed E-state index contributed by atoms with van der Waals surface area (Å²) in [6.07, 6.45) is -1.40. The summed E-state index contributed by atoms with van der Waals surface area (Å²) in [4.78, 5) is 24.4. The van der Waals surface area contributed by atoms with Crippen LogP contribution in [-0.2, 0) is 9.53 Å². The second-order valence-corrected chi connectivity index (χ2v) is 5.98. The number of nitrogens with one attached hydrogen (secondary N) is 1. The predicted octanol–water partition coefficient (Wildman–Crippen LogP) is 4.15. The van der Waals surface area contributed by atoms with E-state index < -0.39 is 41.1 Å². The lowest BCUT2D eigenvalue weighted by atomic mass is 10.1. The van der Waals surface area contributed by atoms with E-state index in [4.69, 9.17) is 4.74 Å². The van der Waals surface area contributed by atoms with Gasteiger partial charge < -0.3 is 15.2 Å². The van der Waals surface area contributed by atoms with Crippen molar-refractivity contribution in [1.29, 1.82) is 0 Å². The minimum Gasteiger partial charge on any atom is -0.507 e. The van der Waals surface area contributed by atoms with Crippen molar-refractivity contribution < 1.29 is 32.6 Å². The number of hydrogen-bond acceptors (Lipinski definition) is 4. The van der Waals surface area contributed by atoms with E-state index in [0.717, 1.165) is 6.07 Å². The summed E-state index contributed by atoms with van der Waals surface area (Å²) in [5.41, 5.74) is -0.752. The number of phenolic OH excluding ortho intramolecular Hbond substituents is 1. The highest BCUT2D eigenvalue weighted by atomic mass is 19.2. The van der Waals surface area contributed by atoms with Gasteiger partial charge in [-0.3, -0.25) is 4.79 Å². The van der Waals surface area contributed by atoms with Crippen molar-refractivity contribution in [1.82, 2.24) is 0 Å². The van der Waals surface area contributed by atoms with Gasteiger partial charge in [-0.05, 0) is 42.0 Å². The number of benzene rings is 3. The first kappa shape index (κ1) is 19.2. The molecule has 0 heterocycles. The third-order valence-electron chi connectivity index (χ3n) is 4.03. The molecular formula is C20H14F3NO4. The topological polar surface area (TPSA) is 75.6 Å². The van der Waals surface area contributed by atoms with Crippen LogP contribution in [0.3, 0.4) is 0 Å². The smallest absolute Gasteiger partial charge is 0.342 e. The molecular weight excluding hydrogens is 375 g/mol. The predicted molar refractivity (Wildman–Crippen MR) is 95.4 cm³/mol. The van der Waals surface area contributed by atoms with E-state index in [1.165, 1.54) is 19.1 Å². The molecule has 3 aromatic carbocycles. The van der Waals surface area contributed by atoms with E-state index in [-0.39, 0.29) is 11.3 Å². The number of hydrogen-bond donors (Lipinski definition) is 2. The maximum absolute atomic E-state index is 13.6. The fourth-order valence-electron chi connectivity index (χ4n) is 2.53. The minimum atomic E-state index is -1.73. The van der Waals surface area contributed by atoms with E-state index in [1.807, 2.05) is 5.32 Å². The summed E-state index contributed by atoms with van der Waals surface area (Å²) in [6.45, 7) is 1.21. The zero-order valence-electron chi connectivity index (χ0n) is 14.5. The van der Waals surface area contributed by atoms with Crippen LogP contribution in [0.5, 0.6) is 5.75 Å². The van der Waals surface area contributed by atoms with Crippen LogP contribution in [0.15, 0.2) is 48.5 Å². The largest absolute Gasteiger partial charge is 0.507 e. The molecule has 2 N–H and O–H groups in total. The molecule has 5 nitrogen and oxygen atoms in total. The zero-order valence-corrected chi connectivity index (χ0v) is 14.5. The second kappa shape index (κ2) is 7.59. The van der Waals surface area contributed by atoms with Crippen molar-refractivity contribution in [3.63, 3.8) is 0 Å². The molecule has 0 aliphatic heterocycles. The number of carbonyl (C=O) groups is 2. The number of ether oxygens (including phenoxy) is 1. The third-order valence-corrected chi connectivity index (χ3v) is 4.03. The monoisotopic (exact) mass is 389 g/mol. The summed E-state index contributed by atoms with van der Waals surface area (Å²) in [6, 6.07) is 11.3. The van der Waals surface area contributed by atoms with E-state index in [0.29, 0.717) is 16.8 Å². The average molecular weight is 389 g/mol. The Labute approximate surface area is 157 Å². The fourth-order valence-corrected chi connectivity index (χ4v) is 2.53. The molecule has 1 atom stereocenters. The van der Waals surface area contributed by atoms with Crippen LogP contribution in [-0.4, -0.2) is 23.1 Å². The lowest BCUT2D eigenvalue weighted by Crippen LogP contribution is -2.30. The summed E-state index contributed by atoms with van der Waals surface area (Å²) < 4.78 is 44.8. The second-order valence-electron chi connectivity index (χ2n) is 5.98. The first-order valence-corrected chi connectivity index (χ1v) is 8.15. The van der Waals surface area contributed by atoms with Crippen molar-refractivity contribution >= 4 is 28.3 Å². The number of rotatable bonds is 4. The van der Waals surface area contributed by atoms with Crippen LogP contribution in [0.4, 0.5) is 18.9 Å². The van der Waals surface area contributed by atoms with Gasteiger partial charge in [-0.15, -0.1) is 0 Å². The van der Waals surface area contributed by atoms with E-state index in [2.05, 4.69) is 0 Å². The van der Waals surface area contributed by atoms with E-state index in [9.17, 15) is 27.9 Å². The summed E-state index contributed by atoms with van der Waals surface area (Å²) in [5, 5.41) is 13.4. The maximum atomic E-state index is 13.6. The molecule has 28 heavy (non-hydrogen) atoms. The average Bonchev–Trinajstić information content (AvgIpc) is 2.67. The van der Waals surface area contributed by atoms with Gasteiger partial charge in [0.1, 0.15) is 11.3 Å². The van der Waals surface area contributed by atoms with Crippen molar-refractivity contribution in [2.24, 2.45) is 0 Å². The molecule has 0 aliphatic rings. The van der Waals surface area contributed by atoms with Crippen molar-refractivity contribution in [2.45, 2.75) is 13.0 Å². The Hall–Kier alpha value is -3.55. The molecule has 8 heteroatoms. The number of esters is 1. The Morgan fingerprint density at radius 1 is 1.00 bits per heavy atom. The molecule has 3 rings (SSSR count). The highest BCUT2D eigenvalue weighted by Crippen LogP contribution is 2.26. The van der Waals surface area contributed by atoms with Gasteiger partial charge in [0.05, 0.1) is 5.69 Å². The highest BCUT2D eigenvalue weighted by molar-refractivity contribution is 6.01. The number of carbonyl (C=O) groups excluding carboxylic acids is 2. The highest BCUT2D eigenvalue weighted by Gasteiger charge is 2.23. The minimum absolute atomic E-state index is 0.155. The van der Waals surface area contributed by atoms with Crippen LogP contribution >= 0.6 is 0 Å². The van der Waals surface area contributed by atoms with Crippen LogP contribution < -0.4 is 5.32 Å². The number of aromatic hydroxyl groups is 1. The van der Waals surface area contributed by atoms with Gasteiger partial charge in [0.15, 0.2) is 23.6 Å². The van der Waals surface area contributed by atoms with Gasteiger partial charge in [-0.1, -0.05) is 24.3 Å². The van der Waals surface area contributed by atoms with Gasteiger partial charge >= 0.3 is 5.97 Å². The Bertz CT molecular complexity index is 1080. The molecule has 0 saturated heterocycles. The molecule has 0 radical (unpaired) electrons. The SMILES string of the molecule is C[C@@H](OC(=O)c1cc2ccccc2cc1O)C(=O)Nc1ccc(F)c(F)c1F. The third kappa shape index (κ3) is 3.75. The molecule has 144 valence electrons. The van der Waals surface area contributed by atoms with Crippen molar-refractivity contribution in [3.8, 4) is 5.75 Å². The molecule has 3 aromatic rings. The molecule has 1 amide bonds. The van der Waals surface area contributed by atoms with E-state index >= 15 is 0 Å².